The molecule has 0 saturated carbocycles. The third-order valence-corrected chi connectivity index (χ3v) is 8.00. The predicted molar refractivity (Wildman–Crippen MR) is 140 cm³/mol. The van der Waals surface area contributed by atoms with E-state index in [0.29, 0.717) is 13.0 Å². The minimum Gasteiger partial charge on any atom is -0.379 e. The van der Waals surface area contributed by atoms with Gasteiger partial charge in [0.2, 0.25) is 5.91 Å². The standard InChI is InChI=1S/C25H30ClN3O2S2/c1-18-16-19(2)24-22(17-18)33-25(27-24)29(10-3-9-28-11-13-31-14-12-28)23(30)8-15-32-21-6-4-20(26)5-7-21/h4-7,16-17H,3,8-15H2,1-2H3. The topological polar surface area (TPSA) is 45.7 Å². The Morgan fingerprint density at radius 3 is 2.73 bits per heavy atom. The van der Waals surface area contributed by atoms with Gasteiger partial charge in [0, 0.05) is 48.3 Å². The number of thiazole rings is 1. The number of aryl methyl sites for hydroxylation is 2. The molecule has 1 saturated heterocycles. The van der Waals surface area contributed by atoms with Crippen molar-refractivity contribution in [3.63, 3.8) is 0 Å². The van der Waals surface area contributed by atoms with Gasteiger partial charge in [0.15, 0.2) is 5.13 Å². The molecule has 1 aliphatic rings. The van der Waals surface area contributed by atoms with Crippen LogP contribution in [-0.2, 0) is 9.53 Å². The molecule has 1 amide bonds. The van der Waals surface area contributed by atoms with Crippen LogP contribution >= 0.6 is 34.7 Å². The molecule has 1 aromatic heterocycles. The lowest BCUT2D eigenvalue weighted by Gasteiger charge is -2.27. The molecule has 0 bridgehead atoms. The van der Waals surface area contributed by atoms with Crippen molar-refractivity contribution in [2.24, 2.45) is 0 Å². The summed E-state index contributed by atoms with van der Waals surface area (Å²) >= 11 is 9.28. The number of nitrogens with zero attached hydrogens (tertiary/aromatic N) is 3. The first-order chi connectivity index (χ1) is 16.0. The highest BCUT2D eigenvalue weighted by Gasteiger charge is 2.21. The third kappa shape index (κ3) is 6.70. The quantitative estimate of drug-likeness (QED) is 0.345. The van der Waals surface area contributed by atoms with Gasteiger partial charge in [-0.05, 0) is 61.7 Å². The summed E-state index contributed by atoms with van der Waals surface area (Å²) in [5.74, 6) is 0.857. The molecule has 0 N–H and O–H groups in total. The zero-order chi connectivity index (χ0) is 23.2. The second-order valence-corrected chi connectivity index (χ2v) is 10.9. The van der Waals surface area contributed by atoms with E-state index in [1.54, 1.807) is 23.1 Å². The molecule has 4 rings (SSSR count). The fourth-order valence-electron chi connectivity index (χ4n) is 4.00. The molecular formula is C25H30ClN3O2S2. The van der Waals surface area contributed by atoms with Crippen molar-refractivity contribution in [3.8, 4) is 0 Å². The Balaban J connectivity index is 1.44. The summed E-state index contributed by atoms with van der Waals surface area (Å²) < 4.78 is 6.59. The SMILES string of the molecule is Cc1cc(C)c2nc(N(CCCN3CCOCC3)C(=O)CCSc3ccc(Cl)cc3)sc2c1. The van der Waals surface area contributed by atoms with E-state index in [1.165, 1.54) is 5.56 Å². The largest absolute Gasteiger partial charge is 0.379 e. The Kier molecular flexibility index (Phi) is 8.66. The van der Waals surface area contributed by atoms with Crippen LogP contribution in [0.15, 0.2) is 41.3 Å². The van der Waals surface area contributed by atoms with E-state index in [1.807, 2.05) is 29.2 Å². The van der Waals surface area contributed by atoms with E-state index in [-0.39, 0.29) is 5.91 Å². The monoisotopic (exact) mass is 503 g/mol. The fraction of sp³-hybridized carbons (Fsp3) is 0.440. The van der Waals surface area contributed by atoms with Gasteiger partial charge in [0.05, 0.1) is 23.4 Å². The third-order valence-electron chi connectivity index (χ3n) is 5.71. The van der Waals surface area contributed by atoms with Gasteiger partial charge >= 0.3 is 0 Å². The van der Waals surface area contributed by atoms with Crippen LogP contribution in [0.3, 0.4) is 0 Å². The van der Waals surface area contributed by atoms with Gasteiger partial charge in [-0.3, -0.25) is 14.6 Å². The number of fused-ring (bicyclic) bond motifs is 1. The van der Waals surface area contributed by atoms with Crippen LogP contribution in [0.2, 0.25) is 5.02 Å². The van der Waals surface area contributed by atoms with E-state index >= 15 is 0 Å². The van der Waals surface area contributed by atoms with Crippen LogP contribution in [-0.4, -0.2) is 60.9 Å². The van der Waals surface area contributed by atoms with E-state index in [2.05, 4.69) is 30.9 Å². The molecule has 0 aliphatic carbocycles. The molecule has 8 heteroatoms. The normalized spacial score (nSPS) is 14.6. The van der Waals surface area contributed by atoms with E-state index in [4.69, 9.17) is 21.3 Å². The molecule has 33 heavy (non-hydrogen) atoms. The number of hydrogen-bond acceptors (Lipinski definition) is 6. The van der Waals surface area contributed by atoms with Crippen LogP contribution in [0, 0.1) is 13.8 Å². The maximum Gasteiger partial charge on any atom is 0.229 e. The molecule has 2 aromatic carbocycles. The fourth-order valence-corrected chi connectivity index (χ4v) is 6.15. The number of rotatable bonds is 9. The van der Waals surface area contributed by atoms with Gasteiger partial charge in [-0.25, -0.2) is 4.98 Å². The average molecular weight is 504 g/mol. The number of ether oxygens (including phenoxy) is 1. The number of amides is 1. The summed E-state index contributed by atoms with van der Waals surface area (Å²) in [6, 6.07) is 12.1. The zero-order valence-electron chi connectivity index (χ0n) is 19.2. The molecule has 5 nitrogen and oxygen atoms in total. The molecule has 0 atom stereocenters. The number of carbonyl (C=O) groups is 1. The van der Waals surface area contributed by atoms with Gasteiger partial charge in [-0.15, -0.1) is 11.8 Å². The highest BCUT2D eigenvalue weighted by atomic mass is 35.5. The Bertz CT molecular complexity index is 1080. The minimum atomic E-state index is 0.131. The van der Waals surface area contributed by atoms with Gasteiger partial charge < -0.3 is 4.74 Å². The lowest BCUT2D eigenvalue weighted by atomic mass is 10.1. The second-order valence-electron chi connectivity index (χ2n) is 8.33. The predicted octanol–water partition coefficient (Wildman–Crippen LogP) is 5.80. The lowest BCUT2D eigenvalue weighted by Crippen LogP contribution is -2.39. The van der Waals surface area contributed by atoms with Crippen molar-refractivity contribution in [2.75, 3.05) is 50.0 Å². The highest BCUT2D eigenvalue weighted by molar-refractivity contribution is 7.99. The first-order valence-electron chi connectivity index (χ1n) is 11.4. The highest BCUT2D eigenvalue weighted by Crippen LogP contribution is 2.32. The zero-order valence-corrected chi connectivity index (χ0v) is 21.6. The summed E-state index contributed by atoms with van der Waals surface area (Å²) in [4.78, 5) is 23.6. The summed E-state index contributed by atoms with van der Waals surface area (Å²) in [5, 5.41) is 1.53. The van der Waals surface area contributed by atoms with Gasteiger partial charge in [0.1, 0.15) is 0 Å². The number of hydrogen-bond donors (Lipinski definition) is 0. The van der Waals surface area contributed by atoms with Crippen LogP contribution in [0.25, 0.3) is 10.2 Å². The molecule has 176 valence electrons. The van der Waals surface area contributed by atoms with Gasteiger partial charge in [0.25, 0.3) is 0 Å². The number of aromatic nitrogens is 1. The van der Waals surface area contributed by atoms with Crippen molar-refractivity contribution >= 4 is 56.0 Å². The molecule has 1 aliphatic heterocycles. The Morgan fingerprint density at radius 1 is 1.21 bits per heavy atom. The number of carbonyl (C=O) groups excluding carboxylic acids is 1. The molecule has 3 aromatic rings. The Hall–Kier alpha value is -1.64. The maximum absolute atomic E-state index is 13.3. The smallest absolute Gasteiger partial charge is 0.229 e. The minimum absolute atomic E-state index is 0.131. The Morgan fingerprint density at radius 2 is 1.97 bits per heavy atom. The van der Waals surface area contributed by atoms with Crippen molar-refractivity contribution < 1.29 is 9.53 Å². The number of anilines is 1. The van der Waals surface area contributed by atoms with Crippen LogP contribution < -0.4 is 4.90 Å². The number of morpholine rings is 1. The van der Waals surface area contributed by atoms with Crippen molar-refractivity contribution in [2.45, 2.75) is 31.6 Å². The molecule has 0 spiro atoms. The Labute approximate surface area is 209 Å². The van der Waals surface area contributed by atoms with Gasteiger partial charge in [-0.1, -0.05) is 29.0 Å². The number of halogens is 1. The second kappa shape index (κ2) is 11.7. The van der Waals surface area contributed by atoms with Gasteiger partial charge in [-0.2, -0.15) is 0 Å². The maximum atomic E-state index is 13.3. The van der Waals surface area contributed by atoms with Crippen LogP contribution in [0.1, 0.15) is 24.0 Å². The summed E-state index contributed by atoms with van der Waals surface area (Å²) in [6.45, 7) is 9.35. The van der Waals surface area contributed by atoms with Crippen molar-refractivity contribution in [1.29, 1.82) is 0 Å². The van der Waals surface area contributed by atoms with E-state index in [0.717, 1.165) is 75.9 Å². The number of thioether (sulfide) groups is 1. The first kappa shape index (κ1) is 24.5. The van der Waals surface area contributed by atoms with Crippen LogP contribution in [0.5, 0.6) is 0 Å². The summed E-state index contributed by atoms with van der Waals surface area (Å²) in [5.41, 5.74) is 3.38. The first-order valence-corrected chi connectivity index (χ1v) is 13.5. The molecule has 0 radical (unpaired) electrons. The molecule has 1 fully saturated rings. The van der Waals surface area contributed by atoms with E-state index < -0.39 is 0 Å². The molecular weight excluding hydrogens is 474 g/mol. The average Bonchev–Trinajstić information content (AvgIpc) is 3.22. The summed E-state index contributed by atoms with van der Waals surface area (Å²) in [6.07, 6.45) is 1.39. The van der Waals surface area contributed by atoms with E-state index in [9.17, 15) is 4.79 Å². The van der Waals surface area contributed by atoms with Crippen LogP contribution in [0.4, 0.5) is 5.13 Å². The van der Waals surface area contributed by atoms with Crippen molar-refractivity contribution in [3.05, 3.63) is 52.5 Å². The molecule has 0 unspecified atom stereocenters. The van der Waals surface area contributed by atoms with Crippen molar-refractivity contribution in [1.82, 2.24) is 9.88 Å². The molecule has 2 heterocycles. The lowest BCUT2D eigenvalue weighted by molar-refractivity contribution is -0.118. The number of benzene rings is 2. The summed E-state index contributed by atoms with van der Waals surface area (Å²) in [7, 11) is 0.